The van der Waals surface area contributed by atoms with Crippen LogP contribution in [-0.2, 0) is 18.9 Å². The van der Waals surface area contributed by atoms with Crippen molar-refractivity contribution >= 4 is 22.6 Å². The first-order valence-corrected chi connectivity index (χ1v) is 7.27. The summed E-state index contributed by atoms with van der Waals surface area (Å²) in [7, 11) is 2.95. The number of pyridine rings is 1. The lowest BCUT2D eigenvalue weighted by Crippen LogP contribution is -2.37. The molecule has 2 heterocycles. The van der Waals surface area contributed by atoms with Gasteiger partial charge in [0.05, 0.1) is 5.69 Å². The van der Waals surface area contributed by atoms with Gasteiger partial charge in [-0.25, -0.2) is 9.78 Å². The van der Waals surface area contributed by atoms with Crippen molar-refractivity contribution in [1.82, 2.24) is 14.1 Å². The number of aromatic nitrogens is 3. The molecule has 7 nitrogen and oxygen atoms in total. The summed E-state index contributed by atoms with van der Waals surface area (Å²) in [6.07, 6.45) is 2.92. The smallest absolute Gasteiger partial charge is 0.325 e. The van der Waals surface area contributed by atoms with E-state index in [1.165, 1.54) is 17.8 Å². The van der Waals surface area contributed by atoms with E-state index in [0.717, 1.165) is 17.4 Å². The number of rotatable bonds is 4. The molecule has 22 heavy (non-hydrogen) atoms. The molecule has 0 aromatic carbocycles. The fourth-order valence-electron chi connectivity index (χ4n) is 2.48. The molecule has 2 aromatic heterocycles. The summed E-state index contributed by atoms with van der Waals surface area (Å²) in [4.78, 5) is 40.7. The molecule has 0 saturated carbocycles. The van der Waals surface area contributed by atoms with Gasteiger partial charge in [-0.2, -0.15) is 0 Å². The van der Waals surface area contributed by atoms with Crippen molar-refractivity contribution in [3.05, 3.63) is 33.1 Å². The van der Waals surface area contributed by atoms with Gasteiger partial charge in [0.2, 0.25) is 5.91 Å². The number of carbonyl (C=O) groups excluding carboxylic acids is 1. The molecule has 0 aliphatic carbocycles. The number of carbonyl (C=O) groups is 1. The zero-order chi connectivity index (χ0) is 16.4. The van der Waals surface area contributed by atoms with Crippen LogP contribution in [0.3, 0.4) is 0 Å². The molecule has 118 valence electrons. The Morgan fingerprint density at radius 3 is 2.45 bits per heavy atom. The topological polar surface area (TPSA) is 86.0 Å². The average Bonchev–Trinajstić information content (AvgIpc) is 2.51. The van der Waals surface area contributed by atoms with Crippen LogP contribution in [0, 0.1) is 5.92 Å². The first-order valence-electron chi connectivity index (χ1n) is 7.27. The molecule has 0 bridgehead atoms. The lowest BCUT2D eigenvalue weighted by atomic mass is 10.0. The van der Waals surface area contributed by atoms with Gasteiger partial charge in [-0.15, -0.1) is 0 Å². The molecule has 2 aromatic rings. The Labute approximate surface area is 127 Å². The number of hydrogen-bond donors (Lipinski definition) is 1. The van der Waals surface area contributed by atoms with E-state index in [4.69, 9.17) is 0 Å². The van der Waals surface area contributed by atoms with Gasteiger partial charge < -0.3 is 5.32 Å². The van der Waals surface area contributed by atoms with Crippen LogP contribution in [0.4, 0.5) is 5.69 Å². The number of hydrogen-bond acceptors (Lipinski definition) is 4. The molecule has 1 N–H and O–H groups in total. The summed E-state index contributed by atoms with van der Waals surface area (Å²) in [5.74, 6) is -0.243. The molecule has 7 heteroatoms. The van der Waals surface area contributed by atoms with Crippen LogP contribution in [0.2, 0.25) is 0 Å². The second-order valence-electron chi connectivity index (χ2n) is 5.27. The molecule has 0 saturated heterocycles. The number of aryl methyl sites for hydroxylation is 1. The summed E-state index contributed by atoms with van der Waals surface area (Å²) in [5, 5.41) is 3.04. The molecule has 0 radical (unpaired) electrons. The van der Waals surface area contributed by atoms with Crippen molar-refractivity contribution < 1.29 is 4.79 Å². The minimum Gasteiger partial charge on any atom is -0.325 e. The van der Waals surface area contributed by atoms with Crippen molar-refractivity contribution in [2.45, 2.75) is 26.7 Å². The SMILES string of the molecule is CCC(CC)C(=O)Nc1ccnc2c1c(=O)n(C)c(=O)n2C. The van der Waals surface area contributed by atoms with Crippen molar-refractivity contribution in [3.63, 3.8) is 0 Å². The van der Waals surface area contributed by atoms with Gasteiger partial charge in [-0.05, 0) is 18.9 Å². The Morgan fingerprint density at radius 2 is 1.86 bits per heavy atom. The first-order chi connectivity index (χ1) is 10.4. The molecule has 1 amide bonds. The van der Waals surface area contributed by atoms with Crippen LogP contribution in [0.25, 0.3) is 11.0 Å². The van der Waals surface area contributed by atoms with Gasteiger partial charge in [-0.1, -0.05) is 13.8 Å². The van der Waals surface area contributed by atoms with E-state index in [9.17, 15) is 14.4 Å². The number of nitrogens with zero attached hydrogens (tertiary/aromatic N) is 3. The third-order valence-corrected chi connectivity index (χ3v) is 3.96. The molecule has 2 rings (SSSR count). The van der Waals surface area contributed by atoms with Gasteiger partial charge in [0.15, 0.2) is 5.65 Å². The van der Waals surface area contributed by atoms with Crippen molar-refractivity contribution in [2.75, 3.05) is 5.32 Å². The zero-order valence-corrected chi connectivity index (χ0v) is 13.2. The normalized spacial score (nSPS) is 11.1. The van der Waals surface area contributed by atoms with Crippen molar-refractivity contribution in [2.24, 2.45) is 20.0 Å². The van der Waals surface area contributed by atoms with E-state index in [2.05, 4.69) is 10.3 Å². The Kier molecular flexibility index (Phi) is 4.44. The van der Waals surface area contributed by atoms with Gasteiger partial charge in [0.25, 0.3) is 5.56 Å². The standard InChI is InChI=1S/C15H20N4O3/c1-5-9(6-2)13(20)17-10-7-8-16-12-11(10)14(21)19(4)15(22)18(12)3/h7-9H,5-6H2,1-4H3,(H,16,17,20). The Morgan fingerprint density at radius 1 is 1.23 bits per heavy atom. The summed E-state index contributed by atoms with van der Waals surface area (Å²) in [5.41, 5.74) is -0.270. The lowest BCUT2D eigenvalue weighted by Gasteiger charge is -2.15. The first kappa shape index (κ1) is 15.9. The fraction of sp³-hybridized carbons (Fsp3) is 0.467. The maximum absolute atomic E-state index is 12.4. The predicted molar refractivity (Wildman–Crippen MR) is 84.9 cm³/mol. The van der Waals surface area contributed by atoms with Crippen LogP contribution >= 0.6 is 0 Å². The highest BCUT2D eigenvalue weighted by Crippen LogP contribution is 2.18. The molecule has 0 spiro atoms. The third-order valence-electron chi connectivity index (χ3n) is 3.96. The molecule has 0 aliphatic rings. The van der Waals surface area contributed by atoms with E-state index in [-0.39, 0.29) is 22.9 Å². The minimum atomic E-state index is -0.467. The number of amides is 1. The zero-order valence-electron chi connectivity index (χ0n) is 13.2. The quantitative estimate of drug-likeness (QED) is 0.913. The monoisotopic (exact) mass is 304 g/mol. The summed E-state index contributed by atoms with van der Waals surface area (Å²) >= 11 is 0. The second-order valence-corrected chi connectivity index (χ2v) is 5.27. The Balaban J connectivity index is 2.64. The van der Waals surface area contributed by atoms with Crippen LogP contribution in [0.1, 0.15) is 26.7 Å². The van der Waals surface area contributed by atoms with Crippen LogP contribution in [0.15, 0.2) is 21.9 Å². The van der Waals surface area contributed by atoms with Gasteiger partial charge in [0, 0.05) is 26.2 Å². The minimum absolute atomic E-state index is 0.111. The highest BCUT2D eigenvalue weighted by atomic mass is 16.2. The van der Waals surface area contributed by atoms with Crippen LogP contribution in [0.5, 0.6) is 0 Å². The average molecular weight is 304 g/mol. The highest BCUT2D eigenvalue weighted by Gasteiger charge is 2.18. The lowest BCUT2D eigenvalue weighted by molar-refractivity contribution is -0.120. The largest absolute Gasteiger partial charge is 0.332 e. The molecule has 0 aliphatic heterocycles. The summed E-state index contributed by atoms with van der Waals surface area (Å²) < 4.78 is 2.31. The van der Waals surface area contributed by atoms with Gasteiger partial charge >= 0.3 is 5.69 Å². The van der Waals surface area contributed by atoms with Crippen LogP contribution < -0.4 is 16.6 Å². The number of nitrogens with one attached hydrogen (secondary N) is 1. The Hall–Kier alpha value is -2.44. The summed E-state index contributed by atoms with van der Waals surface area (Å²) in [6.45, 7) is 3.89. The predicted octanol–water partition coefficient (Wildman–Crippen LogP) is 1.01. The van der Waals surface area contributed by atoms with Crippen molar-refractivity contribution in [3.8, 4) is 0 Å². The maximum Gasteiger partial charge on any atom is 0.332 e. The van der Waals surface area contributed by atoms with E-state index in [1.54, 1.807) is 13.1 Å². The second kappa shape index (κ2) is 6.13. The molecule has 0 unspecified atom stereocenters. The van der Waals surface area contributed by atoms with E-state index in [1.807, 2.05) is 13.8 Å². The van der Waals surface area contributed by atoms with E-state index >= 15 is 0 Å². The van der Waals surface area contributed by atoms with E-state index < -0.39 is 11.2 Å². The van der Waals surface area contributed by atoms with Crippen LogP contribution in [-0.4, -0.2) is 20.0 Å². The number of fused-ring (bicyclic) bond motifs is 1. The molecule has 0 atom stereocenters. The van der Waals surface area contributed by atoms with Gasteiger partial charge in [-0.3, -0.25) is 18.7 Å². The van der Waals surface area contributed by atoms with E-state index in [0.29, 0.717) is 5.69 Å². The molecular formula is C15H20N4O3. The highest BCUT2D eigenvalue weighted by molar-refractivity contribution is 6.00. The Bertz CT molecular complexity index is 831. The molecular weight excluding hydrogens is 284 g/mol. The summed E-state index contributed by atoms with van der Waals surface area (Å²) in [6, 6.07) is 1.58. The maximum atomic E-state index is 12.4. The van der Waals surface area contributed by atoms with Gasteiger partial charge in [0.1, 0.15) is 5.39 Å². The number of anilines is 1. The third kappa shape index (κ3) is 2.54. The fourth-order valence-corrected chi connectivity index (χ4v) is 2.48. The molecule has 0 fully saturated rings. The van der Waals surface area contributed by atoms with Crippen molar-refractivity contribution in [1.29, 1.82) is 0 Å².